The second-order valence-corrected chi connectivity index (χ2v) is 5.38. The standard InChI is InChI=1S/C15H22N2O.CH4/c1-12(2)13-5-4-6-14(11-13)15(18)17-9-7-16(3)8-10-17;/h4-6,11-12H,7-10H2,1-3H3;1H4. The molecule has 0 atom stereocenters. The molecular formula is C16H26N2O. The van der Waals surface area contributed by atoms with Crippen molar-refractivity contribution in [2.24, 2.45) is 0 Å². The predicted octanol–water partition coefficient (Wildman–Crippen LogP) is 2.83. The number of carbonyl (C=O) groups is 1. The first-order chi connectivity index (χ1) is 8.58. The Bertz CT molecular complexity index is 421. The minimum absolute atomic E-state index is 0. The lowest BCUT2D eigenvalue weighted by Crippen LogP contribution is -2.47. The van der Waals surface area contributed by atoms with E-state index in [9.17, 15) is 4.79 Å². The van der Waals surface area contributed by atoms with E-state index in [-0.39, 0.29) is 13.3 Å². The minimum Gasteiger partial charge on any atom is -0.336 e. The van der Waals surface area contributed by atoms with Gasteiger partial charge in [0, 0.05) is 31.7 Å². The highest BCUT2D eigenvalue weighted by Crippen LogP contribution is 2.17. The molecule has 3 heteroatoms. The van der Waals surface area contributed by atoms with E-state index < -0.39 is 0 Å². The van der Waals surface area contributed by atoms with Crippen LogP contribution in [0.1, 0.15) is 43.1 Å². The van der Waals surface area contributed by atoms with Gasteiger partial charge in [0.25, 0.3) is 5.91 Å². The molecule has 0 bridgehead atoms. The lowest BCUT2D eigenvalue weighted by Gasteiger charge is -2.32. The third-order valence-electron chi connectivity index (χ3n) is 3.59. The maximum absolute atomic E-state index is 12.4. The maximum Gasteiger partial charge on any atom is 0.253 e. The molecule has 1 amide bonds. The second kappa shape index (κ2) is 6.71. The van der Waals surface area contributed by atoms with Gasteiger partial charge in [-0.1, -0.05) is 33.4 Å². The molecule has 0 radical (unpaired) electrons. The second-order valence-electron chi connectivity index (χ2n) is 5.38. The van der Waals surface area contributed by atoms with Gasteiger partial charge >= 0.3 is 0 Å². The van der Waals surface area contributed by atoms with Crippen LogP contribution in [0, 0.1) is 0 Å². The van der Waals surface area contributed by atoms with Crippen molar-refractivity contribution in [1.29, 1.82) is 0 Å². The topological polar surface area (TPSA) is 23.6 Å². The summed E-state index contributed by atoms with van der Waals surface area (Å²) in [6.45, 7) is 7.91. The van der Waals surface area contributed by atoms with E-state index >= 15 is 0 Å². The summed E-state index contributed by atoms with van der Waals surface area (Å²) in [5.74, 6) is 0.635. The zero-order valence-corrected chi connectivity index (χ0v) is 11.5. The van der Waals surface area contributed by atoms with Gasteiger partial charge < -0.3 is 9.80 Å². The highest BCUT2D eigenvalue weighted by Gasteiger charge is 2.20. The van der Waals surface area contributed by atoms with E-state index in [1.807, 2.05) is 23.1 Å². The Kier molecular flexibility index (Phi) is 5.55. The quantitative estimate of drug-likeness (QED) is 0.818. The fourth-order valence-corrected chi connectivity index (χ4v) is 2.22. The Balaban J connectivity index is 0.00000180. The molecule has 0 unspecified atom stereocenters. The van der Waals surface area contributed by atoms with Gasteiger partial charge in [-0.25, -0.2) is 0 Å². The van der Waals surface area contributed by atoms with Crippen LogP contribution in [0.15, 0.2) is 24.3 Å². The highest BCUT2D eigenvalue weighted by atomic mass is 16.2. The third-order valence-corrected chi connectivity index (χ3v) is 3.59. The molecular weight excluding hydrogens is 236 g/mol. The van der Waals surface area contributed by atoms with Gasteiger partial charge in [0.2, 0.25) is 0 Å². The summed E-state index contributed by atoms with van der Waals surface area (Å²) >= 11 is 0. The van der Waals surface area contributed by atoms with Crippen molar-refractivity contribution in [2.75, 3.05) is 33.2 Å². The number of hydrogen-bond acceptors (Lipinski definition) is 2. The Morgan fingerprint density at radius 2 is 1.79 bits per heavy atom. The van der Waals surface area contributed by atoms with E-state index in [0.717, 1.165) is 31.7 Å². The molecule has 1 aromatic rings. The Morgan fingerprint density at radius 3 is 2.37 bits per heavy atom. The first-order valence-corrected chi connectivity index (χ1v) is 6.65. The first kappa shape index (κ1) is 15.7. The Hall–Kier alpha value is -1.35. The van der Waals surface area contributed by atoms with Crippen LogP contribution in [0.4, 0.5) is 0 Å². The summed E-state index contributed by atoms with van der Waals surface area (Å²) < 4.78 is 0. The lowest BCUT2D eigenvalue weighted by molar-refractivity contribution is 0.0664. The van der Waals surface area contributed by atoms with Gasteiger partial charge in [-0.2, -0.15) is 0 Å². The van der Waals surface area contributed by atoms with E-state index in [1.54, 1.807) is 0 Å². The number of benzene rings is 1. The van der Waals surface area contributed by atoms with Gasteiger partial charge in [0.05, 0.1) is 0 Å². The molecule has 0 aliphatic carbocycles. The van der Waals surface area contributed by atoms with Gasteiger partial charge in [-0.05, 0) is 30.7 Å². The largest absolute Gasteiger partial charge is 0.336 e. The Labute approximate surface area is 117 Å². The summed E-state index contributed by atoms with van der Waals surface area (Å²) in [6.07, 6.45) is 0. The SMILES string of the molecule is C.CC(C)c1cccc(C(=O)N2CCN(C)CC2)c1. The van der Waals surface area contributed by atoms with E-state index in [2.05, 4.69) is 31.9 Å². The molecule has 1 aliphatic rings. The summed E-state index contributed by atoms with van der Waals surface area (Å²) in [5.41, 5.74) is 2.06. The minimum atomic E-state index is 0. The molecule has 3 nitrogen and oxygen atoms in total. The number of piperazine rings is 1. The summed E-state index contributed by atoms with van der Waals surface area (Å²) in [5, 5.41) is 0. The fraction of sp³-hybridized carbons (Fsp3) is 0.562. The smallest absolute Gasteiger partial charge is 0.253 e. The van der Waals surface area contributed by atoms with Crippen LogP contribution >= 0.6 is 0 Å². The molecule has 1 aromatic carbocycles. The molecule has 1 heterocycles. The number of rotatable bonds is 2. The third kappa shape index (κ3) is 3.80. The number of hydrogen-bond donors (Lipinski definition) is 0. The normalized spacial score (nSPS) is 16.3. The van der Waals surface area contributed by atoms with E-state index in [0.29, 0.717) is 5.92 Å². The lowest BCUT2D eigenvalue weighted by atomic mass is 10.0. The van der Waals surface area contributed by atoms with Crippen LogP contribution in [0.25, 0.3) is 0 Å². The highest BCUT2D eigenvalue weighted by molar-refractivity contribution is 5.94. The van der Waals surface area contributed by atoms with Crippen molar-refractivity contribution in [3.63, 3.8) is 0 Å². The molecule has 2 rings (SSSR count). The van der Waals surface area contributed by atoms with E-state index in [4.69, 9.17) is 0 Å². The predicted molar refractivity (Wildman–Crippen MR) is 80.7 cm³/mol. The molecule has 0 spiro atoms. The van der Waals surface area contributed by atoms with Gasteiger partial charge in [0.15, 0.2) is 0 Å². The number of likely N-dealkylation sites (N-methyl/N-ethyl adjacent to an activating group) is 1. The zero-order valence-electron chi connectivity index (χ0n) is 11.5. The van der Waals surface area contributed by atoms with Gasteiger partial charge in [-0.15, -0.1) is 0 Å². The molecule has 0 saturated carbocycles. The monoisotopic (exact) mass is 262 g/mol. The summed E-state index contributed by atoms with van der Waals surface area (Å²) in [4.78, 5) is 16.6. The first-order valence-electron chi connectivity index (χ1n) is 6.65. The van der Waals surface area contributed by atoms with Crippen LogP contribution in [0.2, 0.25) is 0 Å². The average Bonchev–Trinajstić information content (AvgIpc) is 2.39. The molecule has 1 aliphatic heterocycles. The van der Waals surface area contributed by atoms with Crippen molar-refractivity contribution in [2.45, 2.75) is 27.2 Å². The van der Waals surface area contributed by atoms with Crippen LogP contribution < -0.4 is 0 Å². The molecule has 0 N–H and O–H groups in total. The molecule has 106 valence electrons. The Morgan fingerprint density at radius 1 is 1.16 bits per heavy atom. The van der Waals surface area contributed by atoms with Gasteiger partial charge in [0.1, 0.15) is 0 Å². The fourth-order valence-electron chi connectivity index (χ4n) is 2.22. The number of nitrogens with zero attached hydrogens (tertiary/aromatic N) is 2. The molecule has 1 saturated heterocycles. The van der Waals surface area contributed by atoms with Gasteiger partial charge in [-0.3, -0.25) is 4.79 Å². The molecule has 1 fully saturated rings. The van der Waals surface area contributed by atoms with Crippen molar-refractivity contribution >= 4 is 5.91 Å². The van der Waals surface area contributed by atoms with Crippen LogP contribution in [-0.2, 0) is 0 Å². The van der Waals surface area contributed by atoms with E-state index in [1.165, 1.54) is 5.56 Å². The van der Waals surface area contributed by atoms with Crippen LogP contribution in [-0.4, -0.2) is 48.9 Å². The average molecular weight is 262 g/mol. The molecule has 19 heavy (non-hydrogen) atoms. The zero-order chi connectivity index (χ0) is 13.1. The summed E-state index contributed by atoms with van der Waals surface area (Å²) in [7, 11) is 2.10. The van der Waals surface area contributed by atoms with Crippen molar-refractivity contribution in [1.82, 2.24) is 9.80 Å². The van der Waals surface area contributed by atoms with Crippen LogP contribution in [0.3, 0.4) is 0 Å². The maximum atomic E-state index is 12.4. The molecule has 0 aromatic heterocycles. The van der Waals surface area contributed by atoms with Crippen molar-refractivity contribution < 1.29 is 4.79 Å². The van der Waals surface area contributed by atoms with Crippen molar-refractivity contribution in [3.05, 3.63) is 35.4 Å². The van der Waals surface area contributed by atoms with Crippen molar-refractivity contribution in [3.8, 4) is 0 Å². The number of carbonyl (C=O) groups excluding carboxylic acids is 1. The summed E-state index contributed by atoms with van der Waals surface area (Å²) in [6, 6.07) is 8.03. The van der Waals surface area contributed by atoms with Crippen LogP contribution in [0.5, 0.6) is 0 Å². The number of amides is 1.